The van der Waals surface area contributed by atoms with E-state index in [1.165, 1.54) is 23.4 Å². The molecule has 1 aromatic heterocycles. The molecule has 1 amide bonds. The van der Waals surface area contributed by atoms with Gasteiger partial charge in [0.15, 0.2) is 6.61 Å². The zero-order valence-corrected chi connectivity index (χ0v) is 16.5. The Morgan fingerprint density at radius 3 is 2.60 bits per heavy atom. The van der Waals surface area contributed by atoms with Gasteiger partial charge in [-0.2, -0.15) is 5.10 Å². The first-order valence-corrected chi connectivity index (χ1v) is 9.54. The van der Waals surface area contributed by atoms with Gasteiger partial charge in [-0.05, 0) is 42.0 Å². The highest BCUT2D eigenvalue weighted by molar-refractivity contribution is 6.30. The third kappa shape index (κ3) is 4.06. The van der Waals surface area contributed by atoms with Crippen LogP contribution in [0.5, 0.6) is 5.75 Å². The van der Waals surface area contributed by atoms with Crippen LogP contribution in [0.25, 0.3) is 0 Å². The molecule has 4 rings (SSSR count). The number of halogens is 1. The molecule has 1 aliphatic rings. The van der Waals surface area contributed by atoms with Crippen LogP contribution in [0.1, 0.15) is 34.1 Å². The van der Waals surface area contributed by atoms with E-state index in [-0.39, 0.29) is 11.3 Å². The molecule has 1 aliphatic heterocycles. The molecule has 0 fully saturated rings. The van der Waals surface area contributed by atoms with Crippen LogP contribution in [0.3, 0.4) is 0 Å². The molecular weight excluding hydrogens is 408 g/mol. The number of phenolic OH excluding ortho intramolecular Hbond substituents is 1. The fraction of sp³-hybridized carbons (Fsp3) is 0.136. The largest absolute Gasteiger partial charge is 0.507 e. The van der Waals surface area contributed by atoms with Gasteiger partial charge in [0, 0.05) is 11.4 Å². The second-order valence-corrected chi connectivity index (χ2v) is 7.06. The molecule has 152 valence electrons. The summed E-state index contributed by atoms with van der Waals surface area (Å²) in [5.74, 6) is -0.947. The monoisotopic (exact) mass is 424 g/mol. The zero-order chi connectivity index (χ0) is 21.1. The highest BCUT2D eigenvalue weighted by Gasteiger charge is 2.35. The van der Waals surface area contributed by atoms with Gasteiger partial charge in [0.1, 0.15) is 23.1 Å². The zero-order valence-electron chi connectivity index (χ0n) is 15.7. The molecule has 7 nitrogen and oxygen atoms in total. The summed E-state index contributed by atoms with van der Waals surface area (Å²) in [5, 5.41) is 16.1. The maximum Gasteiger partial charge on any atom is 0.342 e. The third-order valence-corrected chi connectivity index (χ3v) is 4.92. The van der Waals surface area contributed by atoms with Gasteiger partial charge >= 0.3 is 5.97 Å². The van der Waals surface area contributed by atoms with E-state index in [9.17, 15) is 14.7 Å². The number of esters is 1. The second-order valence-electron chi connectivity index (χ2n) is 6.62. The van der Waals surface area contributed by atoms with E-state index in [0.717, 1.165) is 5.56 Å². The number of hydrogen-bond acceptors (Lipinski definition) is 6. The summed E-state index contributed by atoms with van der Waals surface area (Å²) < 4.78 is 10.6. The van der Waals surface area contributed by atoms with E-state index in [0.29, 0.717) is 22.9 Å². The van der Waals surface area contributed by atoms with E-state index in [1.54, 1.807) is 36.4 Å². The number of benzene rings is 2. The molecule has 2 aromatic carbocycles. The predicted molar refractivity (Wildman–Crippen MR) is 109 cm³/mol. The predicted octanol–water partition coefficient (Wildman–Crippen LogP) is 4.17. The first-order chi connectivity index (χ1) is 14.5. The normalized spacial score (nSPS) is 15.7. The van der Waals surface area contributed by atoms with E-state index < -0.39 is 24.5 Å². The third-order valence-electron chi connectivity index (χ3n) is 4.67. The van der Waals surface area contributed by atoms with Crippen molar-refractivity contribution in [3.8, 4) is 5.75 Å². The molecule has 0 saturated heterocycles. The van der Waals surface area contributed by atoms with E-state index >= 15 is 0 Å². The van der Waals surface area contributed by atoms with Gasteiger partial charge in [-0.1, -0.05) is 35.9 Å². The molecule has 0 spiro atoms. The Labute approximate surface area is 177 Å². The van der Waals surface area contributed by atoms with Gasteiger partial charge in [0.2, 0.25) is 0 Å². The maximum absolute atomic E-state index is 12.8. The fourth-order valence-electron chi connectivity index (χ4n) is 3.18. The molecule has 0 radical (unpaired) electrons. The maximum atomic E-state index is 12.8. The van der Waals surface area contributed by atoms with Crippen LogP contribution in [0.2, 0.25) is 5.02 Å². The van der Waals surface area contributed by atoms with E-state index in [2.05, 4.69) is 5.10 Å². The molecular formula is C22H17ClN2O5. The minimum atomic E-state index is -0.794. The van der Waals surface area contributed by atoms with Crippen LogP contribution in [0.15, 0.2) is 76.4 Å². The van der Waals surface area contributed by atoms with Gasteiger partial charge in [-0.3, -0.25) is 4.79 Å². The standard InChI is InChI=1S/C22H17ClN2O5/c23-15-9-7-14(8-10-15)17-12-18(20-6-3-11-29-20)25(24-17)21(27)13-30-22(28)16-4-1-2-5-19(16)26/h1-11,18,26H,12-13H2. The second kappa shape index (κ2) is 8.42. The lowest BCUT2D eigenvalue weighted by Gasteiger charge is -2.19. The quantitative estimate of drug-likeness (QED) is 0.620. The Bertz CT molecular complexity index is 1090. The first kappa shape index (κ1) is 19.7. The van der Waals surface area contributed by atoms with Crippen molar-refractivity contribution in [2.75, 3.05) is 6.61 Å². The highest BCUT2D eigenvalue weighted by atomic mass is 35.5. The number of furan rings is 1. The fourth-order valence-corrected chi connectivity index (χ4v) is 3.30. The van der Waals surface area contributed by atoms with Crippen molar-refractivity contribution in [3.63, 3.8) is 0 Å². The highest BCUT2D eigenvalue weighted by Crippen LogP contribution is 2.33. The van der Waals surface area contributed by atoms with Crippen molar-refractivity contribution >= 4 is 29.2 Å². The molecule has 3 aromatic rings. The summed E-state index contributed by atoms with van der Waals surface area (Å²) in [7, 11) is 0. The molecule has 1 atom stereocenters. The number of nitrogens with zero attached hydrogens (tertiary/aromatic N) is 2. The summed E-state index contributed by atoms with van der Waals surface area (Å²) in [6.07, 6.45) is 1.96. The lowest BCUT2D eigenvalue weighted by atomic mass is 10.0. The van der Waals surface area contributed by atoms with E-state index in [1.807, 2.05) is 12.1 Å². The number of rotatable bonds is 5. The summed E-state index contributed by atoms with van der Waals surface area (Å²) in [5.41, 5.74) is 1.51. The lowest BCUT2D eigenvalue weighted by molar-refractivity contribution is -0.136. The van der Waals surface area contributed by atoms with Crippen LogP contribution in [-0.2, 0) is 9.53 Å². The molecule has 30 heavy (non-hydrogen) atoms. The summed E-state index contributed by atoms with van der Waals surface area (Å²) in [4.78, 5) is 25.0. The van der Waals surface area contributed by atoms with Crippen LogP contribution in [0.4, 0.5) is 0 Å². The summed E-state index contributed by atoms with van der Waals surface area (Å²) in [6, 6.07) is 16.2. The van der Waals surface area contributed by atoms with Crippen molar-refractivity contribution in [2.45, 2.75) is 12.5 Å². The molecule has 0 bridgehead atoms. The van der Waals surface area contributed by atoms with Crippen molar-refractivity contribution in [2.24, 2.45) is 5.10 Å². The number of carbonyl (C=O) groups excluding carboxylic acids is 2. The smallest absolute Gasteiger partial charge is 0.342 e. The minimum absolute atomic E-state index is 0.0142. The number of ether oxygens (including phenoxy) is 1. The molecule has 0 aliphatic carbocycles. The first-order valence-electron chi connectivity index (χ1n) is 9.17. The van der Waals surface area contributed by atoms with Gasteiger partial charge in [0.25, 0.3) is 5.91 Å². The van der Waals surface area contributed by atoms with Crippen molar-refractivity contribution in [1.29, 1.82) is 0 Å². The lowest BCUT2D eigenvalue weighted by Crippen LogP contribution is -2.31. The Kier molecular flexibility index (Phi) is 5.54. The van der Waals surface area contributed by atoms with Crippen LogP contribution in [-0.4, -0.2) is 34.3 Å². The molecule has 8 heteroatoms. The Morgan fingerprint density at radius 1 is 1.13 bits per heavy atom. The number of para-hydroxylation sites is 1. The van der Waals surface area contributed by atoms with Crippen LogP contribution >= 0.6 is 11.6 Å². The summed E-state index contributed by atoms with van der Waals surface area (Å²) in [6.45, 7) is -0.526. The average Bonchev–Trinajstić information content (AvgIpc) is 3.42. The number of hydrazone groups is 1. The van der Waals surface area contributed by atoms with E-state index in [4.69, 9.17) is 20.8 Å². The summed E-state index contributed by atoms with van der Waals surface area (Å²) >= 11 is 5.95. The van der Waals surface area contributed by atoms with Gasteiger partial charge in [-0.15, -0.1) is 0 Å². The SMILES string of the molecule is O=C(OCC(=O)N1N=C(c2ccc(Cl)cc2)CC1c1ccco1)c1ccccc1O. The number of phenols is 1. The number of hydrogen-bond donors (Lipinski definition) is 1. The number of amides is 1. The number of aromatic hydroxyl groups is 1. The van der Waals surface area contributed by atoms with Crippen molar-refractivity contribution < 1.29 is 23.8 Å². The van der Waals surface area contributed by atoms with Gasteiger partial charge in [-0.25, -0.2) is 9.80 Å². The Balaban J connectivity index is 1.52. The number of carbonyl (C=O) groups is 2. The van der Waals surface area contributed by atoms with Gasteiger partial charge in [0.05, 0.1) is 12.0 Å². The van der Waals surface area contributed by atoms with Crippen LogP contribution < -0.4 is 0 Å². The molecule has 2 heterocycles. The Morgan fingerprint density at radius 2 is 1.90 bits per heavy atom. The van der Waals surface area contributed by atoms with Crippen molar-refractivity contribution in [1.82, 2.24) is 5.01 Å². The molecule has 0 saturated carbocycles. The van der Waals surface area contributed by atoms with Crippen LogP contribution in [0, 0.1) is 0 Å². The Hall–Kier alpha value is -3.58. The molecule has 1 N–H and O–H groups in total. The van der Waals surface area contributed by atoms with Crippen molar-refractivity contribution in [3.05, 3.63) is 88.8 Å². The molecule has 1 unspecified atom stereocenters. The topological polar surface area (TPSA) is 92.3 Å². The minimum Gasteiger partial charge on any atom is -0.507 e. The van der Waals surface area contributed by atoms with Gasteiger partial charge < -0.3 is 14.3 Å². The average molecular weight is 425 g/mol.